The lowest BCUT2D eigenvalue weighted by atomic mass is 10.2. The maximum Gasteiger partial charge on any atom is 0.252 e. The normalized spacial score (nSPS) is 12.0. The first-order chi connectivity index (χ1) is 9.84. The quantitative estimate of drug-likeness (QED) is 0.760. The summed E-state index contributed by atoms with van der Waals surface area (Å²) in [4.78, 5) is 0. The summed E-state index contributed by atoms with van der Waals surface area (Å²) in [6.07, 6.45) is 0. The van der Waals surface area contributed by atoms with Crippen LogP contribution in [0, 0.1) is 0 Å². The summed E-state index contributed by atoms with van der Waals surface area (Å²) in [5, 5.41) is 0.405. The Bertz CT molecular complexity index is 710. The third-order valence-corrected chi connectivity index (χ3v) is 7.75. The predicted molar refractivity (Wildman–Crippen MR) is 91.2 cm³/mol. The van der Waals surface area contributed by atoms with E-state index in [1.165, 1.54) is 10.4 Å². The molecular formula is C13H14BrClN2O2S2. The number of nitrogens with two attached hydrogens (primary N) is 1. The van der Waals surface area contributed by atoms with Crippen molar-refractivity contribution in [1.82, 2.24) is 4.31 Å². The van der Waals surface area contributed by atoms with Gasteiger partial charge in [0.1, 0.15) is 4.21 Å². The van der Waals surface area contributed by atoms with Crippen LogP contribution < -0.4 is 5.73 Å². The third kappa shape index (κ3) is 3.78. The maximum absolute atomic E-state index is 12.6. The lowest BCUT2D eigenvalue weighted by molar-refractivity contribution is 0.425. The highest BCUT2D eigenvalue weighted by atomic mass is 79.9. The second kappa shape index (κ2) is 6.66. The molecule has 0 saturated heterocycles. The van der Waals surface area contributed by atoms with E-state index in [9.17, 15) is 8.42 Å². The average molecular weight is 410 g/mol. The molecular weight excluding hydrogens is 396 g/mol. The number of benzene rings is 1. The molecule has 2 N–H and O–H groups in total. The zero-order valence-electron chi connectivity index (χ0n) is 11.2. The minimum absolute atomic E-state index is 0.233. The van der Waals surface area contributed by atoms with Crippen LogP contribution in [0.2, 0.25) is 5.02 Å². The number of hydrogen-bond acceptors (Lipinski definition) is 4. The Labute approximate surface area is 141 Å². The second-order valence-corrected chi connectivity index (χ2v) is 9.30. The molecule has 0 atom stereocenters. The van der Waals surface area contributed by atoms with Gasteiger partial charge in [-0.1, -0.05) is 30.7 Å². The molecule has 0 spiro atoms. The van der Waals surface area contributed by atoms with E-state index in [2.05, 4.69) is 15.9 Å². The van der Waals surface area contributed by atoms with Crippen molar-refractivity contribution in [3.63, 3.8) is 0 Å². The zero-order valence-corrected chi connectivity index (χ0v) is 15.2. The standard InChI is InChI=1S/C13H14BrClN2O2S2/c1-2-17(8-9-3-5-10(16)6-4-9)21(18,19)12-7-11(15)13(14)20-12/h3-7H,2,8,16H2,1H3. The van der Waals surface area contributed by atoms with Crippen molar-refractivity contribution in [1.29, 1.82) is 0 Å². The van der Waals surface area contributed by atoms with Crippen LogP contribution in [0.25, 0.3) is 0 Å². The molecule has 0 radical (unpaired) electrons. The molecule has 114 valence electrons. The van der Waals surface area contributed by atoms with E-state index in [0.717, 1.165) is 16.9 Å². The van der Waals surface area contributed by atoms with Crippen molar-refractivity contribution in [2.45, 2.75) is 17.7 Å². The van der Waals surface area contributed by atoms with Gasteiger partial charge in [0.15, 0.2) is 0 Å². The minimum Gasteiger partial charge on any atom is -0.399 e. The molecule has 1 aromatic carbocycles. The summed E-state index contributed by atoms with van der Waals surface area (Å²) < 4.78 is 27.5. The molecule has 0 unspecified atom stereocenters. The molecule has 0 aliphatic heterocycles. The smallest absolute Gasteiger partial charge is 0.252 e. The Balaban J connectivity index is 2.29. The van der Waals surface area contributed by atoms with Crippen molar-refractivity contribution in [3.8, 4) is 0 Å². The van der Waals surface area contributed by atoms with Gasteiger partial charge in [-0.3, -0.25) is 0 Å². The highest BCUT2D eigenvalue weighted by Gasteiger charge is 2.26. The summed E-state index contributed by atoms with van der Waals surface area (Å²) in [7, 11) is -3.55. The molecule has 8 heteroatoms. The Morgan fingerprint density at radius 1 is 1.33 bits per heavy atom. The van der Waals surface area contributed by atoms with Crippen molar-refractivity contribution >= 4 is 54.6 Å². The number of thiophene rings is 1. The van der Waals surface area contributed by atoms with E-state index < -0.39 is 10.0 Å². The predicted octanol–water partition coefficient (Wildman–Crippen LogP) is 3.96. The Morgan fingerprint density at radius 2 is 1.95 bits per heavy atom. The molecule has 0 fully saturated rings. The molecule has 0 aliphatic rings. The van der Waals surface area contributed by atoms with Gasteiger partial charge >= 0.3 is 0 Å². The first-order valence-corrected chi connectivity index (χ1v) is 9.56. The van der Waals surface area contributed by atoms with Crippen molar-refractivity contribution in [2.75, 3.05) is 12.3 Å². The number of nitrogen functional groups attached to an aromatic ring is 1. The van der Waals surface area contributed by atoms with E-state index in [4.69, 9.17) is 17.3 Å². The van der Waals surface area contributed by atoms with E-state index in [-0.39, 0.29) is 4.21 Å². The minimum atomic E-state index is -3.55. The van der Waals surface area contributed by atoms with E-state index in [1.807, 2.05) is 12.1 Å². The fourth-order valence-electron chi connectivity index (χ4n) is 1.77. The van der Waals surface area contributed by atoms with Crippen LogP contribution in [0.15, 0.2) is 38.3 Å². The monoisotopic (exact) mass is 408 g/mol. The molecule has 0 bridgehead atoms. The highest BCUT2D eigenvalue weighted by Crippen LogP contribution is 2.36. The zero-order chi connectivity index (χ0) is 15.6. The van der Waals surface area contributed by atoms with Gasteiger partial charge in [-0.2, -0.15) is 4.31 Å². The molecule has 2 rings (SSSR count). The summed E-state index contributed by atoms with van der Waals surface area (Å²) in [5.74, 6) is 0. The first-order valence-electron chi connectivity index (χ1n) is 6.14. The Morgan fingerprint density at radius 3 is 2.43 bits per heavy atom. The molecule has 0 amide bonds. The molecule has 2 aromatic rings. The molecule has 1 heterocycles. The van der Waals surface area contributed by atoms with Gasteiger partial charge in [0.25, 0.3) is 10.0 Å². The summed E-state index contributed by atoms with van der Waals surface area (Å²) >= 11 is 10.3. The van der Waals surface area contributed by atoms with Gasteiger partial charge in [0, 0.05) is 18.8 Å². The summed E-state index contributed by atoms with van der Waals surface area (Å²) in [6, 6.07) is 8.63. The van der Waals surface area contributed by atoms with Gasteiger partial charge in [0.05, 0.1) is 8.81 Å². The van der Waals surface area contributed by atoms with Crippen molar-refractivity contribution in [2.24, 2.45) is 0 Å². The lowest BCUT2D eigenvalue weighted by Gasteiger charge is -2.19. The van der Waals surface area contributed by atoms with Crippen LogP contribution >= 0.6 is 38.9 Å². The van der Waals surface area contributed by atoms with Crippen LogP contribution in [-0.4, -0.2) is 19.3 Å². The molecule has 0 aliphatic carbocycles. The Kier molecular flexibility index (Phi) is 5.32. The molecule has 0 saturated carbocycles. The number of rotatable bonds is 5. The third-order valence-electron chi connectivity index (χ3n) is 2.91. The number of nitrogens with zero attached hydrogens (tertiary/aromatic N) is 1. The first kappa shape index (κ1) is 16.8. The number of halogens is 2. The van der Waals surface area contributed by atoms with Gasteiger partial charge < -0.3 is 5.73 Å². The SMILES string of the molecule is CCN(Cc1ccc(N)cc1)S(=O)(=O)c1cc(Cl)c(Br)s1. The van der Waals surface area contributed by atoms with Gasteiger partial charge in [-0.15, -0.1) is 11.3 Å². The maximum atomic E-state index is 12.6. The number of sulfonamides is 1. The average Bonchev–Trinajstić information content (AvgIpc) is 2.78. The number of anilines is 1. The fraction of sp³-hybridized carbons (Fsp3) is 0.231. The van der Waals surface area contributed by atoms with Gasteiger partial charge in [-0.25, -0.2) is 8.42 Å². The molecule has 21 heavy (non-hydrogen) atoms. The van der Waals surface area contributed by atoms with E-state index in [0.29, 0.717) is 27.6 Å². The van der Waals surface area contributed by atoms with Crippen LogP contribution in [0.3, 0.4) is 0 Å². The fourth-order valence-corrected chi connectivity index (χ4v) is 5.77. The van der Waals surface area contributed by atoms with Crippen molar-refractivity contribution in [3.05, 3.63) is 44.7 Å². The second-order valence-electron chi connectivity index (χ2n) is 4.36. The van der Waals surface area contributed by atoms with E-state index in [1.54, 1.807) is 19.1 Å². The van der Waals surface area contributed by atoms with Gasteiger partial charge in [-0.05, 0) is 39.7 Å². The number of hydrogen-bond donors (Lipinski definition) is 1. The highest BCUT2D eigenvalue weighted by molar-refractivity contribution is 9.11. The Hall–Kier alpha value is -0.600. The van der Waals surface area contributed by atoms with Crippen LogP contribution in [0.1, 0.15) is 12.5 Å². The van der Waals surface area contributed by atoms with Crippen LogP contribution in [0.4, 0.5) is 5.69 Å². The lowest BCUT2D eigenvalue weighted by Crippen LogP contribution is -2.29. The molecule has 4 nitrogen and oxygen atoms in total. The van der Waals surface area contributed by atoms with Crippen LogP contribution in [0.5, 0.6) is 0 Å². The van der Waals surface area contributed by atoms with Crippen LogP contribution in [-0.2, 0) is 16.6 Å². The molecule has 1 aromatic heterocycles. The van der Waals surface area contributed by atoms with Gasteiger partial charge in [0.2, 0.25) is 0 Å². The largest absolute Gasteiger partial charge is 0.399 e. The van der Waals surface area contributed by atoms with E-state index >= 15 is 0 Å². The summed E-state index contributed by atoms with van der Waals surface area (Å²) in [5.41, 5.74) is 7.17. The summed E-state index contributed by atoms with van der Waals surface area (Å²) in [6.45, 7) is 2.48. The van der Waals surface area contributed by atoms with Crippen molar-refractivity contribution < 1.29 is 8.42 Å². The topological polar surface area (TPSA) is 63.4 Å².